The molecule has 4 heteroatoms. The SMILES string of the molecule is COCC1CCN(C2(CN)CC(C)N(C)C2)CC1. The highest BCUT2D eigenvalue weighted by molar-refractivity contribution is 5.03. The average Bonchev–Trinajstić information content (AvgIpc) is 2.68. The largest absolute Gasteiger partial charge is 0.384 e. The minimum absolute atomic E-state index is 0.228. The van der Waals surface area contributed by atoms with Crippen LogP contribution >= 0.6 is 0 Å². The maximum Gasteiger partial charge on any atom is 0.0491 e. The molecule has 4 nitrogen and oxygen atoms in total. The summed E-state index contributed by atoms with van der Waals surface area (Å²) in [6.45, 7) is 7.52. The van der Waals surface area contributed by atoms with Gasteiger partial charge in [-0.2, -0.15) is 0 Å². The number of ether oxygens (including phenoxy) is 1. The summed E-state index contributed by atoms with van der Waals surface area (Å²) in [6, 6.07) is 0.658. The summed E-state index contributed by atoms with van der Waals surface area (Å²) < 4.78 is 5.28. The van der Waals surface area contributed by atoms with Crippen LogP contribution < -0.4 is 5.73 Å². The van der Waals surface area contributed by atoms with Crippen LogP contribution in [0.2, 0.25) is 0 Å². The molecule has 18 heavy (non-hydrogen) atoms. The number of piperidine rings is 1. The molecule has 2 unspecified atom stereocenters. The zero-order chi connectivity index (χ0) is 13.2. The van der Waals surface area contributed by atoms with Crippen LogP contribution in [0.1, 0.15) is 26.2 Å². The van der Waals surface area contributed by atoms with E-state index in [4.69, 9.17) is 10.5 Å². The van der Waals surface area contributed by atoms with Crippen LogP contribution in [0.4, 0.5) is 0 Å². The zero-order valence-electron chi connectivity index (χ0n) is 12.2. The van der Waals surface area contributed by atoms with E-state index in [9.17, 15) is 0 Å². The van der Waals surface area contributed by atoms with Crippen LogP contribution in [0.25, 0.3) is 0 Å². The molecule has 2 atom stereocenters. The Morgan fingerprint density at radius 2 is 2.00 bits per heavy atom. The fourth-order valence-electron chi connectivity index (χ4n) is 3.71. The monoisotopic (exact) mass is 255 g/mol. The van der Waals surface area contributed by atoms with E-state index in [1.807, 2.05) is 0 Å². The van der Waals surface area contributed by atoms with E-state index in [0.717, 1.165) is 25.6 Å². The van der Waals surface area contributed by atoms with Crippen molar-refractivity contribution in [2.24, 2.45) is 11.7 Å². The summed E-state index contributed by atoms with van der Waals surface area (Å²) in [6.07, 6.45) is 3.73. The van der Waals surface area contributed by atoms with Gasteiger partial charge in [0.2, 0.25) is 0 Å². The number of nitrogens with two attached hydrogens (primary N) is 1. The molecule has 0 spiro atoms. The van der Waals surface area contributed by atoms with Gasteiger partial charge >= 0.3 is 0 Å². The second-order valence-corrected chi connectivity index (χ2v) is 6.28. The molecule has 2 aliphatic rings. The van der Waals surface area contributed by atoms with Crippen LogP contribution in [-0.4, -0.2) is 68.3 Å². The summed E-state index contributed by atoms with van der Waals surface area (Å²) in [5.41, 5.74) is 6.35. The van der Waals surface area contributed by atoms with Crippen molar-refractivity contribution < 1.29 is 4.74 Å². The zero-order valence-corrected chi connectivity index (χ0v) is 12.2. The Balaban J connectivity index is 1.95. The Bertz CT molecular complexity index is 254. The van der Waals surface area contributed by atoms with Gasteiger partial charge < -0.3 is 15.4 Å². The van der Waals surface area contributed by atoms with Crippen LogP contribution in [0.15, 0.2) is 0 Å². The highest BCUT2D eigenvalue weighted by Gasteiger charge is 2.44. The minimum Gasteiger partial charge on any atom is -0.384 e. The van der Waals surface area contributed by atoms with E-state index in [1.165, 1.54) is 32.4 Å². The Kier molecular flexibility index (Phi) is 4.64. The molecule has 0 bridgehead atoms. The van der Waals surface area contributed by atoms with Crippen molar-refractivity contribution in [2.75, 3.05) is 46.9 Å². The fraction of sp³-hybridized carbons (Fsp3) is 1.00. The number of likely N-dealkylation sites (tertiary alicyclic amines) is 2. The molecule has 2 N–H and O–H groups in total. The highest BCUT2D eigenvalue weighted by atomic mass is 16.5. The van der Waals surface area contributed by atoms with Gasteiger partial charge in [-0.15, -0.1) is 0 Å². The second-order valence-electron chi connectivity index (χ2n) is 6.28. The molecule has 0 amide bonds. The molecule has 0 aromatic rings. The first kappa shape index (κ1) is 14.3. The van der Waals surface area contributed by atoms with Crippen molar-refractivity contribution >= 4 is 0 Å². The lowest BCUT2D eigenvalue weighted by Gasteiger charge is -2.44. The third-order valence-electron chi connectivity index (χ3n) is 5.04. The summed E-state index contributed by atoms with van der Waals surface area (Å²) in [7, 11) is 4.03. The quantitative estimate of drug-likeness (QED) is 0.805. The average molecular weight is 255 g/mol. The number of hydrogen-bond donors (Lipinski definition) is 1. The molecule has 0 aromatic carbocycles. The van der Waals surface area contributed by atoms with E-state index in [2.05, 4.69) is 23.8 Å². The van der Waals surface area contributed by atoms with Crippen LogP contribution in [-0.2, 0) is 4.74 Å². The molecule has 2 heterocycles. The smallest absolute Gasteiger partial charge is 0.0491 e. The predicted molar refractivity (Wildman–Crippen MR) is 74.7 cm³/mol. The Morgan fingerprint density at radius 1 is 1.33 bits per heavy atom. The predicted octanol–water partition coefficient (Wildman–Crippen LogP) is 0.766. The van der Waals surface area contributed by atoms with Crippen molar-refractivity contribution in [2.45, 2.75) is 37.8 Å². The molecule has 2 fully saturated rings. The normalized spacial score (nSPS) is 36.3. The van der Waals surface area contributed by atoms with Gasteiger partial charge in [0.05, 0.1) is 0 Å². The fourth-order valence-corrected chi connectivity index (χ4v) is 3.71. The van der Waals surface area contributed by atoms with Gasteiger partial charge in [-0.05, 0) is 52.2 Å². The van der Waals surface area contributed by atoms with Gasteiger partial charge in [0, 0.05) is 38.4 Å². The molecule has 2 aliphatic heterocycles. The van der Waals surface area contributed by atoms with Gasteiger partial charge in [-0.25, -0.2) is 0 Å². The van der Waals surface area contributed by atoms with Crippen molar-refractivity contribution in [3.63, 3.8) is 0 Å². The lowest BCUT2D eigenvalue weighted by atomic mass is 9.88. The molecular formula is C14H29N3O. The van der Waals surface area contributed by atoms with Gasteiger partial charge in [0.25, 0.3) is 0 Å². The van der Waals surface area contributed by atoms with Crippen molar-refractivity contribution in [1.29, 1.82) is 0 Å². The number of nitrogens with zero attached hydrogens (tertiary/aromatic N) is 2. The summed E-state index contributed by atoms with van der Waals surface area (Å²) >= 11 is 0. The first-order chi connectivity index (χ1) is 8.61. The third kappa shape index (κ3) is 2.72. The minimum atomic E-state index is 0.228. The van der Waals surface area contributed by atoms with E-state index in [1.54, 1.807) is 7.11 Å². The lowest BCUT2D eigenvalue weighted by Crippen LogP contribution is -2.57. The van der Waals surface area contributed by atoms with Crippen LogP contribution in [0.5, 0.6) is 0 Å². The third-order valence-corrected chi connectivity index (χ3v) is 5.04. The maximum atomic E-state index is 6.12. The van der Waals surface area contributed by atoms with E-state index < -0.39 is 0 Å². The first-order valence-electron chi connectivity index (χ1n) is 7.25. The second kappa shape index (κ2) is 5.87. The topological polar surface area (TPSA) is 41.7 Å². The van der Waals surface area contributed by atoms with Gasteiger partial charge in [0.15, 0.2) is 0 Å². The maximum absolute atomic E-state index is 6.12. The Hall–Kier alpha value is -0.160. The molecule has 2 rings (SSSR count). The number of rotatable bonds is 4. The molecule has 0 aliphatic carbocycles. The molecule has 2 saturated heterocycles. The van der Waals surface area contributed by atoms with Crippen molar-refractivity contribution in [1.82, 2.24) is 9.80 Å². The number of hydrogen-bond acceptors (Lipinski definition) is 4. The molecule has 106 valence electrons. The molecular weight excluding hydrogens is 226 g/mol. The summed E-state index contributed by atoms with van der Waals surface area (Å²) in [5, 5.41) is 0. The molecule has 0 saturated carbocycles. The highest BCUT2D eigenvalue weighted by Crippen LogP contribution is 2.33. The molecule has 0 aromatic heterocycles. The summed E-state index contributed by atoms with van der Waals surface area (Å²) in [5.74, 6) is 0.748. The van der Waals surface area contributed by atoms with Crippen molar-refractivity contribution in [3.8, 4) is 0 Å². The Morgan fingerprint density at radius 3 is 2.44 bits per heavy atom. The van der Waals surface area contributed by atoms with E-state index in [-0.39, 0.29) is 5.54 Å². The van der Waals surface area contributed by atoms with Crippen molar-refractivity contribution in [3.05, 3.63) is 0 Å². The van der Waals surface area contributed by atoms with Gasteiger partial charge in [-0.1, -0.05) is 0 Å². The van der Waals surface area contributed by atoms with E-state index >= 15 is 0 Å². The van der Waals surface area contributed by atoms with Gasteiger partial charge in [0.1, 0.15) is 0 Å². The first-order valence-corrected chi connectivity index (χ1v) is 7.25. The van der Waals surface area contributed by atoms with Crippen LogP contribution in [0.3, 0.4) is 0 Å². The van der Waals surface area contributed by atoms with E-state index in [0.29, 0.717) is 6.04 Å². The lowest BCUT2D eigenvalue weighted by molar-refractivity contribution is 0.0387. The summed E-state index contributed by atoms with van der Waals surface area (Å²) in [4.78, 5) is 5.10. The van der Waals surface area contributed by atoms with Gasteiger partial charge in [-0.3, -0.25) is 4.90 Å². The Labute approximate surface area is 111 Å². The van der Waals surface area contributed by atoms with Crippen LogP contribution in [0, 0.1) is 5.92 Å². The number of methoxy groups -OCH3 is 1. The number of likely N-dealkylation sites (N-methyl/N-ethyl adjacent to an activating group) is 1. The molecule has 0 radical (unpaired) electrons. The standard InChI is InChI=1S/C14H29N3O/c1-12-8-14(10-15,11-16(12)2)17-6-4-13(5-7-17)9-18-3/h12-13H,4-11,15H2,1-3H3.